The van der Waals surface area contributed by atoms with Crippen LogP contribution >= 0.6 is 11.3 Å². The van der Waals surface area contributed by atoms with Crippen molar-refractivity contribution in [1.29, 1.82) is 0 Å². The van der Waals surface area contributed by atoms with Crippen LogP contribution in [0.5, 0.6) is 0 Å². The minimum absolute atomic E-state index is 0.0205. The van der Waals surface area contributed by atoms with Crippen LogP contribution in [0, 0.1) is 30.1 Å². The molecule has 1 aromatic carbocycles. The second kappa shape index (κ2) is 11.2. The van der Waals surface area contributed by atoms with Gasteiger partial charge in [-0.1, -0.05) is 23.5 Å². The topological polar surface area (TPSA) is 126 Å². The van der Waals surface area contributed by atoms with Crippen LogP contribution in [-0.4, -0.2) is 48.3 Å². The molecule has 0 unspecified atom stereocenters. The van der Waals surface area contributed by atoms with Crippen LogP contribution in [-0.2, 0) is 19.5 Å². The van der Waals surface area contributed by atoms with Gasteiger partial charge < -0.3 is 10.0 Å². The van der Waals surface area contributed by atoms with E-state index in [-0.39, 0.29) is 11.6 Å². The second-order valence-corrected chi connectivity index (χ2v) is 15.6. The molecule has 0 radical (unpaired) electrons. The lowest BCUT2D eigenvalue weighted by molar-refractivity contribution is -0.0638. The van der Waals surface area contributed by atoms with Crippen molar-refractivity contribution in [3.8, 4) is 11.1 Å². The van der Waals surface area contributed by atoms with Gasteiger partial charge in [-0.25, -0.2) is 14.8 Å². The number of anilines is 2. The number of amides is 1. The molecule has 5 aromatic rings. The highest BCUT2D eigenvalue weighted by Crippen LogP contribution is 2.60. The van der Waals surface area contributed by atoms with Crippen LogP contribution in [0.2, 0.25) is 0 Å². The summed E-state index contributed by atoms with van der Waals surface area (Å²) in [6.07, 6.45) is 14.0. The third kappa shape index (κ3) is 5.06. The van der Waals surface area contributed by atoms with E-state index in [9.17, 15) is 14.7 Å². The second-order valence-electron chi connectivity index (χ2n) is 14.5. The maximum Gasteiger partial charge on any atom is 0.355 e. The molecule has 0 saturated heterocycles. The number of carboxylic acids is 1. The Kier molecular flexibility index (Phi) is 6.90. The van der Waals surface area contributed by atoms with E-state index in [0.717, 1.165) is 56.9 Å². The summed E-state index contributed by atoms with van der Waals surface area (Å²) in [7, 11) is 0. The maximum atomic E-state index is 13.5. The van der Waals surface area contributed by atoms with Gasteiger partial charge in [0, 0.05) is 48.2 Å². The maximum absolute atomic E-state index is 13.5. The van der Waals surface area contributed by atoms with Crippen LogP contribution in [0.1, 0.15) is 76.2 Å². The summed E-state index contributed by atoms with van der Waals surface area (Å²) in [4.78, 5) is 41.6. The zero-order valence-corrected chi connectivity index (χ0v) is 27.7. The first-order valence-electron chi connectivity index (χ1n) is 17.0. The summed E-state index contributed by atoms with van der Waals surface area (Å²) in [5, 5.41) is 18.7. The largest absolute Gasteiger partial charge is 0.476 e. The van der Waals surface area contributed by atoms with Gasteiger partial charge >= 0.3 is 5.97 Å². The molecule has 10 nitrogen and oxygen atoms in total. The molecule has 0 atom stereocenters. The van der Waals surface area contributed by atoms with E-state index in [1.54, 1.807) is 12.4 Å². The van der Waals surface area contributed by atoms with E-state index < -0.39 is 5.97 Å². The fraction of sp³-hybridized carbons (Fsp3) is 0.405. The number of carbonyl (C=O) groups excluding carboxylic acids is 1. The molecule has 10 rings (SSSR count). The summed E-state index contributed by atoms with van der Waals surface area (Å²) in [6, 6.07) is 11.4. The molecule has 11 heteroatoms. The molecular weight excluding hydrogens is 623 g/mol. The van der Waals surface area contributed by atoms with Crippen LogP contribution in [0.3, 0.4) is 0 Å². The fourth-order valence-electron chi connectivity index (χ4n) is 9.66. The zero-order chi connectivity index (χ0) is 32.6. The number of pyridine rings is 2. The Morgan fingerprint density at radius 3 is 2.54 bits per heavy atom. The number of nitrogens with zero attached hydrogens (tertiary/aromatic N) is 6. The van der Waals surface area contributed by atoms with Gasteiger partial charge in [-0.15, -0.1) is 0 Å². The Balaban J connectivity index is 0.970. The van der Waals surface area contributed by atoms with Crippen molar-refractivity contribution in [1.82, 2.24) is 24.7 Å². The minimum Gasteiger partial charge on any atom is -0.476 e. The Morgan fingerprint density at radius 2 is 1.79 bits per heavy atom. The van der Waals surface area contributed by atoms with E-state index in [4.69, 9.17) is 10.1 Å². The van der Waals surface area contributed by atoms with E-state index in [2.05, 4.69) is 37.9 Å². The molecule has 4 fully saturated rings. The summed E-state index contributed by atoms with van der Waals surface area (Å²) in [6.45, 7) is 4.07. The Hall–Kier alpha value is -4.64. The Labute approximate surface area is 282 Å². The predicted molar refractivity (Wildman–Crippen MR) is 184 cm³/mol. The average molecular weight is 660 g/mol. The molecule has 4 aromatic heterocycles. The highest BCUT2D eigenvalue weighted by molar-refractivity contribution is 7.22. The lowest BCUT2D eigenvalue weighted by atomic mass is 9.49. The predicted octanol–water partition coefficient (Wildman–Crippen LogP) is 6.99. The molecule has 5 aliphatic rings. The van der Waals surface area contributed by atoms with Crippen LogP contribution in [0.15, 0.2) is 55.0 Å². The summed E-state index contributed by atoms with van der Waals surface area (Å²) in [5.74, 6) is 1.88. The van der Waals surface area contributed by atoms with Crippen molar-refractivity contribution < 1.29 is 14.7 Å². The van der Waals surface area contributed by atoms with Gasteiger partial charge in [-0.3, -0.25) is 19.8 Å². The summed E-state index contributed by atoms with van der Waals surface area (Å²) in [5.41, 5.74) is 6.08. The minimum atomic E-state index is -1.07. The third-order valence-corrected chi connectivity index (χ3v) is 12.3. The molecule has 4 saturated carbocycles. The number of nitrogens with one attached hydrogen (secondary N) is 1. The van der Waals surface area contributed by atoms with Gasteiger partial charge in [0.15, 0.2) is 10.8 Å². The van der Waals surface area contributed by atoms with Crippen LogP contribution in [0.25, 0.3) is 21.3 Å². The van der Waals surface area contributed by atoms with Crippen LogP contribution < -0.4 is 10.2 Å². The number of hydrogen-bond donors (Lipinski definition) is 2. The van der Waals surface area contributed by atoms with Crippen LogP contribution in [0.4, 0.5) is 10.9 Å². The first-order chi connectivity index (χ1) is 23.3. The molecule has 1 amide bonds. The molecule has 0 spiro atoms. The highest BCUT2D eigenvalue weighted by atomic mass is 32.1. The molecule has 2 N–H and O–H groups in total. The lowest BCUT2D eigenvalue weighted by Crippen LogP contribution is -2.48. The number of benzene rings is 1. The lowest BCUT2D eigenvalue weighted by Gasteiger charge is -2.56. The van der Waals surface area contributed by atoms with E-state index in [1.807, 2.05) is 36.5 Å². The number of carboxylic acid groups (broad SMARTS) is 1. The zero-order valence-electron chi connectivity index (χ0n) is 26.9. The van der Waals surface area contributed by atoms with Crippen molar-refractivity contribution >= 4 is 44.4 Å². The number of hydrogen-bond acceptors (Lipinski definition) is 8. The molecule has 1 aliphatic heterocycles. The smallest absolute Gasteiger partial charge is 0.355 e. The van der Waals surface area contributed by atoms with Crippen molar-refractivity contribution in [2.45, 2.75) is 65.0 Å². The first kappa shape index (κ1) is 29.5. The van der Waals surface area contributed by atoms with Gasteiger partial charge in [-0.05, 0) is 110 Å². The molecule has 4 aliphatic carbocycles. The molecule has 4 bridgehead atoms. The van der Waals surface area contributed by atoms with Gasteiger partial charge in [0.2, 0.25) is 0 Å². The van der Waals surface area contributed by atoms with Crippen molar-refractivity contribution in [3.63, 3.8) is 0 Å². The van der Waals surface area contributed by atoms with Gasteiger partial charge in [0.05, 0.1) is 17.1 Å². The average Bonchev–Trinajstić information content (AvgIpc) is 3.65. The van der Waals surface area contributed by atoms with E-state index in [0.29, 0.717) is 47.0 Å². The summed E-state index contributed by atoms with van der Waals surface area (Å²) >= 11 is 1.41. The number of fused-ring (bicyclic) bond motifs is 2. The highest BCUT2D eigenvalue weighted by Gasteiger charge is 2.51. The van der Waals surface area contributed by atoms with E-state index in [1.165, 1.54) is 49.9 Å². The van der Waals surface area contributed by atoms with Gasteiger partial charge in [0.1, 0.15) is 11.3 Å². The molecular formula is C37H37N7O3S. The normalized spacial score (nSPS) is 24.2. The third-order valence-electron chi connectivity index (χ3n) is 11.4. The van der Waals surface area contributed by atoms with Gasteiger partial charge in [-0.2, -0.15) is 5.10 Å². The quantitative estimate of drug-likeness (QED) is 0.192. The monoisotopic (exact) mass is 659 g/mol. The first-order valence-corrected chi connectivity index (χ1v) is 17.8. The van der Waals surface area contributed by atoms with Crippen molar-refractivity contribution in [3.05, 3.63) is 83.1 Å². The summed E-state index contributed by atoms with van der Waals surface area (Å²) < 4.78 is 3.08. The van der Waals surface area contributed by atoms with E-state index >= 15 is 0 Å². The Morgan fingerprint density at radius 1 is 1.00 bits per heavy atom. The number of carbonyl (C=O) groups is 2. The molecule has 5 heterocycles. The number of aromatic carboxylic acids is 1. The van der Waals surface area contributed by atoms with Crippen molar-refractivity contribution in [2.75, 3.05) is 16.8 Å². The SMILES string of the molecule is Cc1c(-c2ccc(N3CCc4cccc(C(=O)Nc5nc6cnccc6s5)c4C3)nc2C(=O)O)cnn1CC12CC3CC(CC(C3)C1)C2. The molecule has 244 valence electrons. The number of thiazole rings is 1. The molecule has 48 heavy (non-hydrogen) atoms. The number of rotatable bonds is 7. The van der Waals surface area contributed by atoms with Gasteiger partial charge in [0.25, 0.3) is 5.91 Å². The van der Waals surface area contributed by atoms with Crippen molar-refractivity contribution in [2.24, 2.45) is 23.2 Å². The standard InChI is InChI=1S/C37H37N7O3S/c1-21-28(17-39-44(21)20-37-14-22-11-23(15-37)13-24(12-22)16-37)26-5-6-32(41-33(26)35(46)47)43-10-8-25-3-2-4-27(29(25)19-43)34(45)42-36-40-30-18-38-9-7-31(30)48-36/h2-7,9,17-18,22-24H,8,10-16,19-20H2,1H3,(H,46,47)(H,40,42,45). The Bertz CT molecular complexity index is 2030. The fourth-order valence-corrected chi connectivity index (χ4v) is 10.5. The number of aromatic nitrogens is 5.